The van der Waals surface area contributed by atoms with E-state index < -0.39 is 0 Å². The maximum Gasteiger partial charge on any atom is 0.276 e. The van der Waals surface area contributed by atoms with E-state index in [1.54, 1.807) is 11.3 Å². The average molecular weight is 351 g/mol. The first-order chi connectivity index (χ1) is 12.0. The largest absolute Gasteiger partial charge is 0.321 e. The fraction of sp³-hybridized carbons (Fsp3) is 0.300. The minimum Gasteiger partial charge on any atom is -0.321 e. The first kappa shape index (κ1) is 16.1. The number of fused-ring (bicyclic) bond motifs is 3. The van der Waals surface area contributed by atoms with Crippen LogP contribution < -0.4 is 5.32 Å². The van der Waals surface area contributed by atoms with Gasteiger partial charge in [0.2, 0.25) is 0 Å². The number of benzene rings is 1. The number of nitrogens with zero attached hydrogens (tertiary/aromatic N) is 2. The molecule has 0 saturated carbocycles. The van der Waals surface area contributed by atoms with Gasteiger partial charge in [-0.25, -0.2) is 0 Å². The molecular weight excluding hydrogens is 330 g/mol. The van der Waals surface area contributed by atoms with Crippen molar-refractivity contribution in [2.75, 3.05) is 5.32 Å². The van der Waals surface area contributed by atoms with Gasteiger partial charge < -0.3 is 5.32 Å². The van der Waals surface area contributed by atoms with Gasteiger partial charge in [0.1, 0.15) is 0 Å². The lowest BCUT2D eigenvalue weighted by Crippen LogP contribution is -2.15. The third kappa shape index (κ3) is 2.78. The molecule has 2 aromatic heterocycles. The predicted octanol–water partition coefficient (Wildman–Crippen LogP) is 4.62. The minimum atomic E-state index is -0.132. The molecule has 0 fully saturated rings. The van der Waals surface area contributed by atoms with Crippen molar-refractivity contribution in [3.63, 3.8) is 0 Å². The summed E-state index contributed by atoms with van der Waals surface area (Å²) in [4.78, 5) is 14.2. The van der Waals surface area contributed by atoms with Crippen molar-refractivity contribution in [2.24, 2.45) is 7.05 Å². The predicted molar refractivity (Wildman–Crippen MR) is 102 cm³/mol. The summed E-state index contributed by atoms with van der Waals surface area (Å²) >= 11 is 1.78. The normalized spacial score (nSPS) is 12.8. The monoisotopic (exact) mass is 351 g/mol. The Morgan fingerprint density at radius 3 is 2.68 bits per heavy atom. The van der Waals surface area contributed by atoms with Crippen LogP contribution in [0.1, 0.15) is 46.3 Å². The molecule has 4 nitrogen and oxygen atoms in total. The van der Waals surface area contributed by atoms with Gasteiger partial charge in [-0.3, -0.25) is 9.48 Å². The molecule has 1 aromatic carbocycles. The van der Waals surface area contributed by atoms with Crippen LogP contribution in [0.25, 0.3) is 11.3 Å². The second-order valence-corrected chi connectivity index (χ2v) is 7.79. The summed E-state index contributed by atoms with van der Waals surface area (Å²) < 4.78 is 1.84. The Balaban J connectivity index is 1.63. The highest BCUT2D eigenvalue weighted by Crippen LogP contribution is 2.37. The summed E-state index contributed by atoms with van der Waals surface area (Å²) in [6, 6.07) is 10.2. The molecule has 4 rings (SSSR count). The van der Waals surface area contributed by atoms with Crippen LogP contribution in [0.5, 0.6) is 0 Å². The smallest absolute Gasteiger partial charge is 0.276 e. The van der Waals surface area contributed by atoms with Crippen LogP contribution in [0.4, 0.5) is 5.69 Å². The number of hydrogen-bond acceptors (Lipinski definition) is 3. The van der Waals surface area contributed by atoms with E-state index in [4.69, 9.17) is 0 Å². The third-order valence-electron chi connectivity index (χ3n) is 4.80. The van der Waals surface area contributed by atoms with Gasteiger partial charge in [-0.05, 0) is 47.9 Å². The Morgan fingerprint density at radius 2 is 1.96 bits per heavy atom. The van der Waals surface area contributed by atoms with Crippen molar-refractivity contribution < 1.29 is 4.79 Å². The van der Waals surface area contributed by atoms with E-state index in [1.807, 2.05) is 23.9 Å². The molecule has 0 unspecified atom stereocenters. The molecule has 0 spiro atoms. The van der Waals surface area contributed by atoms with Crippen molar-refractivity contribution in [3.05, 3.63) is 57.4 Å². The number of amides is 1. The third-order valence-corrected chi connectivity index (χ3v) is 5.78. The highest BCUT2D eigenvalue weighted by atomic mass is 32.1. The summed E-state index contributed by atoms with van der Waals surface area (Å²) in [5.41, 5.74) is 5.98. The highest BCUT2D eigenvalue weighted by molar-refractivity contribution is 7.10. The molecule has 1 aliphatic rings. The summed E-state index contributed by atoms with van der Waals surface area (Å²) in [7, 11) is 1.92. The van der Waals surface area contributed by atoms with E-state index in [2.05, 4.69) is 47.8 Å². The van der Waals surface area contributed by atoms with Crippen LogP contribution in [-0.2, 0) is 19.9 Å². The van der Waals surface area contributed by atoms with Gasteiger partial charge in [0.25, 0.3) is 5.91 Å². The van der Waals surface area contributed by atoms with Crippen molar-refractivity contribution >= 4 is 22.9 Å². The second kappa shape index (κ2) is 6.15. The Bertz CT molecular complexity index is 935. The molecule has 0 radical (unpaired) electrons. The molecule has 1 amide bonds. The topological polar surface area (TPSA) is 46.9 Å². The SMILES string of the molecule is CC(C)c1ccc(NC(=O)c2nn(C)c3c2CCc2sccc2-3)cc1. The van der Waals surface area contributed by atoms with E-state index in [0.717, 1.165) is 29.8 Å². The Morgan fingerprint density at radius 1 is 1.20 bits per heavy atom. The number of nitrogens with one attached hydrogen (secondary N) is 1. The molecule has 0 aliphatic heterocycles. The molecule has 25 heavy (non-hydrogen) atoms. The van der Waals surface area contributed by atoms with Crippen LogP contribution in [0, 0.1) is 0 Å². The Kier molecular flexibility index (Phi) is 3.96. The number of carbonyl (C=O) groups is 1. The fourth-order valence-electron chi connectivity index (χ4n) is 3.45. The number of hydrogen-bond donors (Lipinski definition) is 1. The highest BCUT2D eigenvalue weighted by Gasteiger charge is 2.27. The maximum atomic E-state index is 12.8. The van der Waals surface area contributed by atoms with E-state index in [-0.39, 0.29) is 5.91 Å². The molecular formula is C20H21N3OS. The number of anilines is 1. The average Bonchev–Trinajstić information content (AvgIpc) is 3.19. The maximum absolute atomic E-state index is 12.8. The van der Waals surface area contributed by atoms with E-state index >= 15 is 0 Å². The number of aryl methyl sites for hydroxylation is 2. The van der Waals surface area contributed by atoms with Crippen LogP contribution in [0.3, 0.4) is 0 Å². The minimum absolute atomic E-state index is 0.132. The van der Waals surface area contributed by atoms with Gasteiger partial charge in [0.05, 0.1) is 5.69 Å². The van der Waals surface area contributed by atoms with Gasteiger partial charge in [-0.2, -0.15) is 5.10 Å². The van der Waals surface area contributed by atoms with E-state index in [0.29, 0.717) is 11.6 Å². The van der Waals surface area contributed by atoms with Crippen molar-refractivity contribution in [2.45, 2.75) is 32.6 Å². The van der Waals surface area contributed by atoms with Gasteiger partial charge in [0.15, 0.2) is 5.69 Å². The van der Waals surface area contributed by atoms with Gasteiger partial charge in [-0.1, -0.05) is 26.0 Å². The Hall–Kier alpha value is -2.40. The molecule has 1 N–H and O–H groups in total. The molecule has 128 valence electrons. The lowest BCUT2D eigenvalue weighted by molar-refractivity contribution is 0.102. The molecule has 0 saturated heterocycles. The zero-order valence-electron chi connectivity index (χ0n) is 14.7. The summed E-state index contributed by atoms with van der Waals surface area (Å²) in [5.74, 6) is 0.347. The first-order valence-corrected chi connectivity index (χ1v) is 9.46. The summed E-state index contributed by atoms with van der Waals surface area (Å²) in [5, 5.41) is 9.63. The molecule has 2 heterocycles. The van der Waals surface area contributed by atoms with Crippen molar-refractivity contribution in [1.29, 1.82) is 0 Å². The molecule has 1 aliphatic carbocycles. The zero-order valence-corrected chi connectivity index (χ0v) is 15.5. The fourth-order valence-corrected chi connectivity index (χ4v) is 4.33. The van der Waals surface area contributed by atoms with Gasteiger partial charge in [0, 0.05) is 28.7 Å². The van der Waals surface area contributed by atoms with E-state index in [1.165, 1.54) is 16.0 Å². The van der Waals surface area contributed by atoms with Gasteiger partial charge in [-0.15, -0.1) is 11.3 Å². The van der Waals surface area contributed by atoms with Crippen molar-refractivity contribution in [3.8, 4) is 11.3 Å². The van der Waals surface area contributed by atoms with Crippen LogP contribution >= 0.6 is 11.3 Å². The van der Waals surface area contributed by atoms with Crippen molar-refractivity contribution in [1.82, 2.24) is 9.78 Å². The number of rotatable bonds is 3. The molecule has 5 heteroatoms. The van der Waals surface area contributed by atoms with Crippen LogP contribution in [0.2, 0.25) is 0 Å². The second-order valence-electron chi connectivity index (χ2n) is 6.79. The summed E-state index contributed by atoms with van der Waals surface area (Å²) in [6.45, 7) is 4.32. The first-order valence-electron chi connectivity index (χ1n) is 8.58. The van der Waals surface area contributed by atoms with Crippen LogP contribution in [-0.4, -0.2) is 15.7 Å². The molecule has 0 bridgehead atoms. The molecule has 3 aromatic rings. The number of aromatic nitrogens is 2. The number of carbonyl (C=O) groups excluding carboxylic acids is 1. The van der Waals surface area contributed by atoms with E-state index in [9.17, 15) is 4.79 Å². The molecule has 0 atom stereocenters. The van der Waals surface area contributed by atoms with Crippen LogP contribution in [0.15, 0.2) is 35.7 Å². The standard InChI is InChI=1S/C20H21N3OS/c1-12(2)13-4-6-14(7-5-13)21-20(24)18-16-8-9-17-15(10-11-25-17)19(16)23(3)22-18/h4-7,10-12H,8-9H2,1-3H3,(H,21,24). The lowest BCUT2D eigenvalue weighted by Gasteiger charge is -2.14. The lowest BCUT2D eigenvalue weighted by atomic mass is 9.94. The zero-order chi connectivity index (χ0) is 17.6. The Labute approximate surface area is 151 Å². The number of thiophene rings is 1. The van der Waals surface area contributed by atoms with Gasteiger partial charge >= 0.3 is 0 Å². The summed E-state index contributed by atoms with van der Waals surface area (Å²) in [6.07, 6.45) is 1.85. The quantitative estimate of drug-likeness (QED) is 0.748.